The first kappa shape index (κ1) is 15.9. The number of fused-ring (bicyclic) bond motifs is 1. The summed E-state index contributed by atoms with van der Waals surface area (Å²) >= 11 is 0. The van der Waals surface area contributed by atoms with Gasteiger partial charge in [0.15, 0.2) is 0 Å². The maximum atomic E-state index is 13.0. The van der Waals surface area contributed by atoms with Gasteiger partial charge in [-0.15, -0.1) is 0 Å². The second kappa shape index (κ2) is 5.92. The average Bonchev–Trinajstić information content (AvgIpc) is 2.53. The lowest BCUT2D eigenvalue weighted by molar-refractivity contribution is -0.177. The Morgan fingerprint density at radius 2 is 1.83 bits per heavy atom. The number of halogens is 3. The molecule has 0 amide bonds. The number of nitrogens with two attached hydrogens (primary N) is 1. The van der Waals surface area contributed by atoms with Crippen molar-refractivity contribution < 1.29 is 13.2 Å². The van der Waals surface area contributed by atoms with Crippen molar-refractivity contribution >= 4 is 0 Å². The van der Waals surface area contributed by atoms with E-state index in [2.05, 4.69) is 9.97 Å². The number of aryl methyl sites for hydroxylation is 2. The predicted molar refractivity (Wildman–Crippen MR) is 81.7 cm³/mol. The third-order valence-corrected chi connectivity index (χ3v) is 4.32. The van der Waals surface area contributed by atoms with Gasteiger partial charge in [-0.2, -0.15) is 13.2 Å². The molecule has 0 radical (unpaired) electrons. The van der Waals surface area contributed by atoms with E-state index in [0.717, 1.165) is 16.8 Å². The van der Waals surface area contributed by atoms with Crippen molar-refractivity contribution in [2.75, 3.05) is 0 Å². The fraction of sp³-hybridized carbons (Fsp3) is 0.412. The summed E-state index contributed by atoms with van der Waals surface area (Å²) in [6, 6.07) is 7.56. The van der Waals surface area contributed by atoms with Gasteiger partial charge in [0.25, 0.3) is 0 Å². The topological polar surface area (TPSA) is 51.8 Å². The quantitative estimate of drug-likeness (QED) is 0.920. The second-order valence-electron chi connectivity index (χ2n) is 5.93. The maximum absolute atomic E-state index is 13.0. The molecule has 0 fully saturated rings. The molecule has 0 bridgehead atoms. The Labute approximate surface area is 132 Å². The van der Waals surface area contributed by atoms with Crippen molar-refractivity contribution in [3.63, 3.8) is 0 Å². The number of aromatic nitrogens is 2. The van der Waals surface area contributed by atoms with Crippen LogP contribution in [0.15, 0.2) is 24.3 Å². The first-order chi connectivity index (χ1) is 10.9. The fourth-order valence-corrected chi connectivity index (χ4v) is 2.96. The number of benzene rings is 1. The van der Waals surface area contributed by atoms with Crippen molar-refractivity contribution in [3.8, 4) is 11.3 Å². The van der Waals surface area contributed by atoms with Gasteiger partial charge in [0.1, 0.15) is 0 Å². The molecular weight excluding hydrogens is 303 g/mol. The zero-order valence-corrected chi connectivity index (χ0v) is 12.8. The molecule has 1 unspecified atom stereocenters. The predicted octanol–water partition coefficient (Wildman–Crippen LogP) is 3.58. The highest BCUT2D eigenvalue weighted by Gasteiger charge is 2.42. The Bertz CT molecular complexity index is 708. The van der Waals surface area contributed by atoms with E-state index in [-0.39, 0.29) is 12.8 Å². The van der Waals surface area contributed by atoms with Gasteiger partial charge in [-0.3, -0.25) is 4.98 Å². The van der Waals surface area contributed by atoms with Gasteiger partial charge in [-0.1, -0.05) is 24.3 Å². The number of hydrogen-bond acceptors (Lipinski definition) is 3. The molecule has 2 N–H and O–H groups in total. The maximum Gasteiger partial charge on any atom is 0.392 e. The van der Waals surface area contributed by atoms with Crippen LogP contribution in [0.2, 0.25) is 0 Å². The van der Waals surface area contributed by atoms with Gasteiger partial charge in [-0.25, -0.2) is 4.98 Å². The van der Waals surface area contributed by atoms with Crippen molar-refractivity contribution in [2.24, 2.45) is 11.7 Å². The zero-order valence-electron chi connectivity index (χ0n) is 12.8. The van der Waals surface area contributed by atoms with Crippen molar-refractivity contribution in [3.05, 3.63) is 46.9 Å². The van der Waals surface area contributed by atoms with Crippen molar-refractivity contribution in [2.45, 2.75) is 38.9 Å². The smallest absolute Gasteiger partial charge is 0.326 e. The highest BCUT2D eigenvalue weighted by molar-refractivity contribution is 5.62. The lowest BCUT2D eigenvalue weighted by Gasteiger charge is -2.26. The third-order valence-electron chi connectivity index (χ3n) is 4.32. The summed E-state index contributed by atoms with van der Waals surface area (Å²) in [5.74, 6) is -1.32. The lowest BCUT2D eigenvalue weighted by atomic mass is 9.88. The summed E-state index contributed by atoms with van der Waals surface area (Å²) < 4.78 is 38.9. The molecule has 1 aliphatic rings. The van der Waals surface area contributed by atoms with E-state index in [0.29, 0.717) is 30.0 Å². The second-order valence-corrected chi connectivity index (χ2v) is 5.93. The van der Waals surface area contributed by atoms with Crippen LogP contribution >= 0.6 is 0 Å². The van der Waals surface area contributed by atoms with Crippen LogP contribution in [0.4, 0.5) is 13.2 Å². The Morgan fingerprint density at radius 3 is 2.43 bits per heavy atom. The Morgan fingerprint density at radius 1 is 1.13 bits per heavy atom. The first-order valence-corrected chi connectivity index (χ1v) is 7.61. The number of hydrogen-bond donors (Lipinski definition) is 1. The van der Waals surface area contributed by atoms with E-state index in [1.807, 2.05) is 31.2 Å². The molecule has 0 saturated carbocycles. The van der Waals surface area contributed by atoms with E-state index in [1.165, 1.54) is 0 Å². The van der Waals surface area contributed by atoms with Crippen LogP contribution in [0.3, 0.4) is 0 Å². The van der Waals surface area contributed by atoms with E-state index in [9.17, 15) is 13.2 Å². The summed E-state index contributed by atoms with van der Waals surface area (Å²) in [7, 11) is 0. The van der Waals surface area contributed by atoms with Crippen LogP contribution < -0.4 is 5.73 Å². The zero-order chi connectivity index (χ0) is 16.6. The standard InChI is InChI=1S/C17H18F3N3/c1-10-16(12-4-2-11(9-21)3-5-12)23-15-8-13(17(18,19)20)6-7-14(15)22-10/h2-5,13H,6-9,21H2,1H3. The Hall–Kier alpha value is -1.95. The summed E-state index contributed by atoms with van der Waals surface area (Å²) in [5.41, 5.74) is 9.99. The molecule has 0 spiro atoms. The van der Waals surface area contributed by atoms with E-state index < -0.39 is 12.1 Å². The SMILES string of the molecule is Cc1nc2c(nc1-c1ccc(CN)cc1)CC(C(F)(F)F)CC2. The van der Waals surface area contributed by atoms with Crippen LogP contribution in [0.1, 0.15) is 29.1 Å². The molecule has 2 aromatic rings. The monoisotopic (exact) mass is 321 g/mol. The summed E-state index contributed by atoms with van der Waals surface area (Å²) in [6.07, 6.45) is -3.83. The van der Waals surface area contributed by atoms with Gasteiger partial charge in [0.2, 0.25) is 0 Å². The van der Waals surface area contributed by atoms with Gasteiger partial charge in [0.05, 0.1) is 28.7 Å². The van der Waals surface area contributed by atoms with Crippen molar-refractivity contribution in [1.82, 2.24) is 9.97 Å². The first-order valence-electron chi connectivity index (χ1n) is 7.61. The number of rotatable bonds is 2. The minimum absolute atomic E-state index is 0.0833. The highest BCUT2D eigenvalue weighted by Crippen LogP contribution is 2.36. The third kappa shape index (κ3) is 3.22. The van der Waals surface area contributed by atoms with Crippen LogP contribution in [0, 0.1) is 12.8 Å². The molecule has 0 aliphatic heterocycles. The van der Waals surface area contributed by atoms with Gasteiger partial charge in [0, 0.05) is 18.5 Å². The molecule has 0 saturated heterocycles. The molecule has 3 nitrogen and oxygen atoms in total. The lowest BCUT2D eigenvalue weighted by Crippen LogP contribution is -2.30. The van der Waals surface area contributed by atoms with E-state index >= 15 is 0 Å². The molecule has 6 heteroatoms. The minimum atomic E-state index is -4.17. The van der Waals surface area contributed by atoms with E-state index in [4.69, 9.17) is 5.73 Å². The molecule has 1 aromatic carbocycles. The normalized spacial score (nSPS) is 17.9. The van der Waals surface area contributed by atoms with Crippen LogP contribution in [-0.2, 0) is 19.4 Å². The molecule has 1 atom stereocenters. The largest absolute Gasteiger partial charge is 0.392 e. The molecular formula is C17H18F3N3. The van der Waals surface area contributed by atoms with Crippen LogP contribution in [-0.4, -0.2) is 16.1 Å². The summed E-state index contributed by atoms with van der Waals surface area (Å²) in [6.45, 7) is 2.29. The van der Waals surface area contributed by atoms with Crippen molar-refractivity contribution in [1.29, 1.82) is 0 Å². The molecule has 23 heavy (non-hydrogen) atoms. The Balaban J connectivity index is 1.97. The minimum Gasteiger partial charge on any atom is -0.326 e. The summed E-state index contributed by atoms with van der Waals surface area (Å²) in [4.78, 5) is 9.00. The van der Waals surface area contributed by atoms with Crippen LogP contribution in [0.25, 0.3) is 11.3 Å². The van der Waals surface area contributed by atoms with Gasteiger partial charge in [-0.05, 0) is 25.3 Å². The number of alkyl halides is 3. The van der Waals surface area contributed by atoms with Gasteiger partial charge >= 0.3 is 6.18 Å². The number of nitrogens with zero attached hydrogens (tertiary/aromatic N) is 2. The molecule has 1 heterocycles. The molecule has 1 aromatic heterocycles. The molecule has 122 valence electrons. The highest BCUT2D eigenvalue weighted by atomic mass is 19.4. The summed E-state index contributed by atoms with van der Waals surface area (Å²) in [5, 5.41) is 0. The Kier molecular flexibility index (Phi) is 4.10. The van der Waals surface area contributed by atoms with E-state index in [1.54, 1.807) is 0 Å². The van der Waals surface area contributed by atoms with Crippen LogP contribution in [0.5, 0.6) is 0 Å². The average molecular weight is 321 g/mol. The molecule has 3 rings (SSSR count). The van der Waals surface area contributed by atoms with Gasteiger partial charge < -0.3 is 5.73 Å². The fourth-order valence-electron chi connectivity index (χ4n) is 2.96. The molecule has 1 aliphatic carbocycles.